The van der Waals surface area contributed by atoms with Crippen LogP contribution in [0.5, 0.6) is 0 Å². The molecular weight excluding hydrogens is 212 g/mol. The van der Waals surface area contributed by atoms with Gasteiger partial charge in [0.15, 0.2) is 0 Å². The molecule has 0 spiro atoms. The van der Waals surface area contributed by atoms with E-state index < -0.39 is 0 Å². The normalized spacial score (nSPS) is 27.1. The highest BCUT2D eigenvalue weighted by Gasteiger charge is 2.25. The van der Waals surface area contributed by atoms with Crippen LogP contribution in [-0.2, 0) is 4.79 Å². The van der Waals surface area contributed by atoms with Crippen LogP contribution >= 0.6 is 0 Å². The summed E-state index contributed by atoms with van der Waals surface area (Å²) in [6, 6.07) is 0. The molecule has 0 aromatic rings. The number of hydrogen-bond acceptors (Lipinski definition) is 2. The number of carbonyl (C=O) groups excluding carboxylic acids is 1. The second-order valence-corrected chi connectivity index (χ2v) is 5.79. The third-order valence-electron chi connectivity index (χ3n) is 4.39. The minimum Gasteiger partial charge on any atom is -0.342 e. The van der Waals surface area contributed by atoms with Crippen molar-refractivity contribution in [3.05, 3.63) is 0 Å². The highest BCUT2D eigenvalue weighted by atomic mass is 16.2. The fourth-order valence-corrected chi connectivity index (χ4v) is 3.25. The molecule has 1 amide bonds. The molecule has 2 aliphatic rings. The van der Waals surface area contributed by atoms with Crippen molar-refractivity contribution in [2.24, 2.45) is 17.6 Å². The summed E-state index contributed by atoms with van der Waals surface area (Å²) in [7, 11) is 0. The van der Waals surface area contributed by atoms with Gasteiger partial charge in [0.2, 0.25) is 5.91 Å². The zero-order chi connectivity index (χ0) is 12.1. The zero-order valence-electron chi connectivity index (χ0n) is 10.9. The van der Waals surface area contributed by atoms with Crippen LogP contribution in [-0.4, -0.2) is 30.4 Å². The lowest BCUT2D eigenvalue weighted by atomic mass is 9.86. The van der Waals surface area contributed by atoms with Crippen molar-refractivity contribution in [1.82, 2.24) is 4.90 Å². The molecule has 1 atom stereocenters. The Bertz CT molecular complexity index is 249. The van der Waals surface area contributed by atoms with E-state index in [1.54, 1.807) is 0 Å². The third kappa shape index (κ3) is 3.70. The van der Waals surface area contributed by atoms with Crippen LogP contribution in [0.25, 0.3) is 0 Å². The van der Waals surface area contributed by atoms with Gasteiger partial charge in [-0.1, -0.05) is 19.3 Å². The molecule has 3 heteroatoms. The van der Waals surface area contributed by atoms with E-state index in [-0.39, 0.29) is 0 Å². The standard InChI is InChI=1S/C14H26N2O/c15-10-13-7-4-8-16(11-13)14(17)9-12-5-2-1-3-6-12/h12-13H,1-11,15H2. The average molecular weight is 238 g/mol. The van der Waals surface area contributed by atoms with Gasteiger partial charge in [-0.25, -0.2) is 0 Å². The summed E-state index contributed by atoms with van der Waals surface area (Å²) in [5.41, 5.74) is 5.71. The minimum absolute atomic E-state index is 0.384. The highest BCUT2D eigenvalue weighted by Crippen LogP contribution is 2.27. The topological polar surface area (TPSA) is 46.3 Å². The van der Waals surface area contributed by atoms with E-state index in [4.69, 9.17) is 5.73 Å². The van der Waals surface area contributed by atoms with Gasteiger partial charge in [-0.05, 0) is 44.1 Å². The average Bonchev–Trinajstić information content (AvgIpc) is 2.40. The zero-order valence-corrected chi connectivity index (χ0v) is 10.9. The van der Waals surface area contributed by atoms with Crippen molar-refractivity contribution in [2.75, 3.05) is 19.6 Å². The van der Waals surface area contributed by atoms with Crippen LogP contribution in [0.1, 0.15) is 51.4 Å². The van der Waals surface area contributed by atoms with E-state index in [0.29, 0.717) is 17.7 Å². The Morgan fingerprint density at radius 3 is 2.47 bits per heavy atom. The smallest absolute Gasteiger partial charge is 0.222 e. The second-order valence-electron chi connectivity index (χ2n) is 5.79. The van der Waals surface area contributed by atoms with Crippen molar-refractivity contribution >= 4 is 5.91 Å². The van der Waals surface area contributed by atoms with Gasteiger partial charge in [-0.15, -0.1) is 0 Å². The van der Waals surface area contributed by atoms with E-state index in [0.717, 1.165) is 32.5 Å². The van der Waals surface area contributed by atoms with E-state index in [2.05, 4.69) is 4.90 Å². The van der Waals surface area contributed by atoms with Gasteiger partial charge in [0.1, 0.15) is 0 Å². The number of carbonyl (C=O) groups is 1. The second kappa shape index (κ2) is 6.39. The Kier molecular flexibility index (Phi) is 4.84. The predicted molar refractivity (Wildman–Crippen MR) is 69.6 cm³/mol. The Hall–Kier alpha value is -0.570. The maximum atomic E-state index is 12.2. The first kappa shape index (κ1) is 12.9. The summed E-state index contributed by atoms with van der Waals surface area (Å²) in [4.78, 5) is 14.3. The molecule has 17 heavy (non-hydrogen) atoms. The molecule has 1 aliphatic heterocycles. The number of hydrogen-bond donors (Lipinski definition) is 1. The van der Waals surface area contributed by atoms with Crippen LogP contribution in [0.4, 0.5) is 0 Å². The lowest BCUT2D eigenvalue weighted by Gasteiger charge is -2.33. The third-order valence-corrected chi connectivity index (χ3v) is 4.39. The van der Waals surface area contributed by atoms with Gasteiger partial charge in [0.25, 0.3) is 0 Å². The maximum Gasteiger partial charge on any atom is 0.222 e. The molecule has 0 bridgehead atoms. The van der Waals surface area contributed by atoms with Gasteiger partial charge in [-0.2, -0.15) is 0 Å². The van der Waals surface area contributed by atoms with Gasteiger partial charge in [0, 0.05) is 19.5 Å². The molecule has 0 aromatic carbocycles. The first-order chi connectivity index (χ1) is 8.29. The molecule has 1 heterocycles. The molecule has 3 nitrogen and oxygen atoms in total. The molecule has 2 N–H and O–H groups in total. The van der Waals surface area contributed by atoms with Crippen molar-refractivity contribution in [1.29, 1.82) is 0 Å². The number of nitrogens with zero attached hydrogens (tertiary/aromatic N) is 1. The van der Waals surface area contributed by atoms with Crippen molar-refractivity contribution < 1.29 is 4.79 Å². The summed E-state index contributed by atoms with van der Waals surface area (Å²) in [6.45, 7) is 2.59. The number of piperidine rings is 1. The largest absolute Gasteiger partial charge is 0.342 e. The van der Waals surface area contributed by atoms with Crippen molar-refractivity contribution in [3.63, 3.8) is 0 Å². The number of likely N-dealkylation sites (tertiary alicyclic amines) is 1. The Balaban J connectivity index is 1.78. The Morgan fingerprint density at radius 1 is 1.06 bits per heavy atom. The quantitative estimate of drug-likeness (QED) is 0.819. The molecule has 1 saturated carbocycles. The highest BCUT2D eigenvalue weighted by molar-refractivity contribution is 5.76. The summed E-state index contributed by atoms with van der Waals surface area (Å²) in [6.07, 6.45) is 9.66. The fraction of sp³-hybridized carbons (Fsp3) is 0.929. The van der Waals surface area contributed by atoms with Gasteiger partial charge >= 0.3 is 0 Å². The summed E-state index contributed by atoms with van der Waals surface area (Å²) in [5.74, 6) is 1.59. The number of nitrogens with two attached hydrogens (primary N) is 1. The van der Waals surface area contributed by atoms with Crippen LogP contribution < -0.4 is 5.73 Å². The molecule has 0 radical (unpaired) electrons. The SMILES string of the molecule is NCC1CCCN(C(=O)CC2CCCCC2)C1. The van der Waals surface area contributed by atoms with Crippen molar-refractivity contribution in [2.45, 2.75) is 51.4 Å². The molecule has 98 valence electrons. The van der Waals surface area contributed by atoms with E-state index >= 15 is 0 Å². The van der Waals surface area contributed by atoms with E-state index in [9.17, 15) is 4.79 Å². The van der Waals surface area contributed by atoms with Gasteiger partial charge < -0.3 is 10.6 Å². The summed E-state index contributed by atoms with van der Waals surface area (Å²) in [5, 5.41) is 0. The Labute approximate surface area is 105 Å². The molecular formula is C14H26N2O. The number of rotatable bonds is 3. The summed E-state index contributed by atoms with van der Waals surface area (Å²) < 4.78 is 0. The Morgan fingerprint density at radius 2 is 1.76 bits per heavy atom. The minimum atomic E-state index is 0.384. The molecule has 2 rings (SSSR count). The van der Waals surface area contributed by atoms with Crippen molar-refractivity contribution in [3.8, 4) is 0 Å². The first-order valence-electron chi connectivity index (χ1n) is 7.27. The van der Waals surface area contributed by atoms with Crippen LogP contribution in [0.3, 0.4) is 0 Å². The van der Waals surface area contributed by atoms with Crippen LogP contribution in [0.15, 0.2) is 0 Å². The molecule has 2 fully saturated rings. The van der Waals surface area contributed by atoms with Gasteiger partial charge in [-0.3, -0.25) is 4.79 Å². The van der Waals surface area contributed by atoms with Crippen LogP contribution in [0, 0.1) is 11.8 Å². The lowest BCUT2D eigenvalue weighted by molar-refractivity contribution is -0.134. The fourth-order valence-electron chi connectivity index (χ4n) is 3.25. The van der Waals surface area contributed by atoms with E-state index in [1.165, 1.54) is 38.5 Å². The lowest BCUT2D eigenvalue weighted by Crippen LogP contribution is -2.42. The predicted octanol–water partition coefficient (Wildman–Crippen LogP) is 2.15. The molecule has 1 aliphatic carbocycles. The molecule has 1 saturated heterocycles. The monoisotopic (exact) mass is 238 g/mol. The molecule has 0 aromatic heterocycles. The van der Waals surface area contributed by atoms with Crippen LogP contribution in [0.2, 0.25) is 0 Å². The first-order valence-corrected chi connectivity index (χ1v) is 7.27. The molecule has 1 unspecified atom stereocenters. The number of amides is 1. The summed E-state index contributed by atoms with van der Waals surface area (Å²) >= 11 is 0. The van der Waals surface area contributed by atoms with E-state index in [1.807, 2.05) is 0 Å². The maximum absolute atomic E-state index is 12.2. The van der Waals surface area contributed by atoms with Gasteiger partial charge in [0.05, 0.1) is 0 Å².